The van der Waals surface area contributed by atoms with Crippen molar-refractivity contribution in [3.05, 3.63) is 36.2 Å². The number of hydrogen-bond acceptors (Lipinski definition) is 6. The monoisotopic (exact) mass is 302 g/mol. The number of rotatable bonds is 8. The number of nitrogen functional groups attached to an aromatic ring is 1. The number of anilines is 2. The Bertz CT molecular complexity index is 587. The number of ether oxygens (including phenoxy) is 2. The molecule has 2 aromatic rings. The Balaban J connectivity index is 1.98. The van der Waals surface area contributed by atoms with Gasteiger partial charge in [-0.1, -0.05) is 25.5 Å². The molecule has 0 unspecified atom stereocenters. The first-order valence-corrected chi connectivity index (χ1v) is 7.34. The molecule has 0 fully saturated rings. The largest absolute Gasteiger partial charge is 0.497 e. The van der Waals surface area contributed by atoms with Gasteiger partial charge < -0.3 is 20.5 Å². The molecule has 1 heterocycles. The van der Waals surface area contributed by atoms with E-state index in [1.165, 1.54) is 6.33 Å². The highest BCUT2D eigenvalue weighted by molar-refractivity contribution is 5.66. The smallest absolute Gasteiger partial charge is 0.242 e. The first-order chi connectivity index (χ1) is 10.7. The lowest BCUT2D eigenvalue weighted by molar-refractivity contribution is 0.299. The third-order valence-electron chi connectivity index (χ3n) is 3.20. The first-order valence-electron chi connectivity index (χ1n) is 7.34. The van der Waals surface area contributed by atoms with Crippen molar-refractivity contribution < 1.29 is 9.47 Å². The van der Waals surface area contributed by atoms with Gasteiger partial charge in [0.25, 0.3) is 0 Å². The van der Waals surface area contributed by atoms with Crippen molar-refractivity contribution >= 4 is 11.5 Å². The summed E-state index contributed by atoms with van der Waals surface area (Å²) in [5, 5.41) is 3.20. The topological polar surface area (TPSA) is 82.3 Å². The van der Waals surface area contributed by atoms with Crippen LogP contribution in [-0.4, -0.2) is 23.7 Å². The quantitative estimate of drug-likeness (QED) is 0.730. The molecular formula is C16H22N4O2. The summed E-state index contributed by atoms with van der Waals surface area (Å²) in [6.45, 7) is 3.32. The van der Waals surface area contributed by atoms with E-state index < -0.39 is 0 Å². The molecule has 0 saturated heterocycles. The van der Waals surface area contributed by atoms with Gasteiger partial charge in [0.1, 0.15) is 17.8 Å². The Hall–Kier alpha value is -2.50. The van der Waals surface area contributed by atoms with Crippen LogP contribution in [0, 0.1) is 0 Å². The molecule has 1 aromatic heterocycles. The SMILES string of the molecule is CCCCOc1ncnc(NCc2ccc(OC)cc2)c1N. The molecule has 0 saturated carbocycles. The number of nitrogens with two attached hydrogens (primary N) is 1. The maximum atomic E-state index is 6.04. The average Bonchev–Trinajstić information content (AvgIpc) is 2.56. The number of unbranched alkanes of at least 4 members (excludes halogenated alkanes) is 1. The minimum Gasteiger partial charge on any atom is -0.497 e. The summed E-state index contributed by atoms with van der Waals surface area (Å²) < 4.78 is 10.7. The standard InChI is InChI=1S/C16H22N4O2/c1-3-4-9-22-16-14(17)15(19-11-20-16)18-10-12-5-7-13(21-2)8-6-12/h5-8,11H,3-4,9-10,17H2,1-2H3,(H,18,19,20). The normalized spacial score (nSPS) is 10.3. The van der Waals surface area contributed by atoms with E-state index >= 15 is 0 Å². The van der Waals surface area contributed by atoms with Crippen LogP contribution < -0.4 is 20.5 Å². The van der Waals surface area contributed by atoms with Crippen molar-refractivity contribution in [1.29, 1.82) is 0 Å². The van der Waals surface area contributed by atoms with E-state index in [9.17, 15) is 0 Å². The first kappa shape index (κ1) is 15.9. The number of nitrogens with one attached hydrogen (secondary N) is 1. The second-order valence-electron chi connectivity index (χ2n) is 4.84. The van der Waals surface area contributed by atoms with Gasteiger partial charge in [0.2, 0.25) is 5.88 Å². The molecule has 118 valence electrons. The van der Waals surface area contributed by atoms with Gasteiger partial charge in [-0.3, -0.25) is 0 Å². The van der Waals surface area contributed by atoms with Crippen molar-refractivity contribution in [2.24, 2.45) is 0 Å². The van der Waals surface area contributed by atoms with Gasteiger partial charge >= 0.3 is 0 Å². The number of nitrogens with zero attached hydrogens (tertiary/aromatic N) is 2. The second-order valence-corrected chi connectivity index (χ2v) is 4.84. The van der Waals surface area contributed by atoms with E-state index in [0.29, 0.717) is 30.5 Å². The van der Waals surface area contributed by atoms with Crippen LogP contribution in [-0.2, 0) is 6.54 Å². The molecule has 0 aliphatic carbocycles. The zero-order valence-electron chi connectivity index (χ0n) is 13.0. The second kappa shape index (κ2) is 8.07. The summed E-state index contributed by atoms with van der Waals surface area (Å²) >= 11 is 0. The number of aromatic nitrogens is 2. The summed E-state index contributed by atoms with van der Waals surface area (Å²) in [6, 6.07) is 7.81. The lowest BCUT2D eigenvalue weighted by Crippen LogP contribution is -2.08. The van der Waals surface area contributed by atoms with E-state index in [-0.39, 0.29) is 0 Å². The fraction of sp³-hybridized carbons (Fsp3) is 0.375. The van der Waals surface area contributed by atoms with Crippen LogP contribution in [0.3, 0.4) is 0 Å². The van der Waals surface area contributed by atoms with E-state index in [0.717, 1.165) is 24.2 Å². The molecule has 22 heavy (non-hydrogen) atoms. The van der Waals surface area contributed by atoms with E-state index in [2.05, 4.69) is 22.2 Å². The minimum absolute atomic E-state index is 0.431. The van der Waals surface area contributed by atoms with Crippen molar-refractivity contribution in [3.8, 4) is 11.6 Å². The zero-order chi connectivity index (χ0) is 15.8. The third kappa shape index (κ3) is 4.25. The van der Waals surface area contributed by atoms with Gasteiger partial charge in [-0.25, -0.2) is 4.98 Å². The molecule has 6 heteroatoms. The predicted molar refractivity (Wildman–Crippen MR) is 87.2 cm³/mol. The highest BCUT2D eigenvalue weighted by Crippen LogP contribution is 2.25. The minimum atomic E-state index is 0.431. The molecule has 0 spiro atoms. The van der Waals surface area contributed by atoms with Gasteiger partial charge in [0.15, 0.2) is 5.82 Å². The molecule has 0 atom stereocenters. The van der Waals surface area contributed by atoms with E-state index in [1.54, 1.807) is 7.11 Å². The van der Waals surface area contributed by atoms with Gasteiger partial charge in [0.05, 0.1) is 13.7 Å². The highest BCUT2D eigenvalue weighted by Gasteiger charge is 2.09. The summed E-state index contributed by atoms with van der Waals surface area (Å²) in [5.74, 6) is 1.84. The van der Waals surface area contributed by atoms with Crippen LogP contribution in [0.2, 0.25) is 0 Å². The van der Waals surface area contributed by atoms with Gasteiger partial charge in [0, 0.05) is 6.54 Å². The molecule has 2 rings (SSSR count). The lowest BCUT2D eigenvalue weighted by Gasteiger charge is -2.12. The Labute approximate surface area is 130 Å². The van der Waals surface area contributed by atoms with Crippen molar-refractivity contribution in [3.63, 3.8) is 0 Å². The molecule has 3 N–H and O–H groups in total. The van der Waals surface area contributed by atoms with Crippen molar-refractivity contribution in [2.45, 2.75) is 26.3 Å². The summed E-state index contributed by atoms with van der Waals surface area (Å²) in [6.07, 6.45) is 3.49. The fourth-order valence-corrected chi connectivity index (χ4v) is 1.88. The van der Waals surface area contributed by atoms with Crippen LogP contribution in [0.1, 0.15) is 25.3 Å². The van der Waals surface area contributed by atoms with Crippen molar-refractivity contribution in [1.82, 2.24) is 9.97 Å². The van der Waals surface area contributed by atoms with Gasteiger partial charge in [-0.05, 0) is 24.1 Å². The van der Waals surface area contributed by atoms with E-state index in [4.69, 9.17) is 15.2 Å². The molecule has 0 radical (unpaired) electrons. The Kier molecular flexibility index (Phi) is 5.82. The molecule has 0 amide bonds. The Morgan fingerprint density at radius 1 is 1.18 bits per heavy atom. The third-order valence-corrected chi connectivity index (χ3v) is 3.20. The van der Waals surface area contributed by atoms with Gasteiger partial charge in [-0.15, -0.1) is 0 Å². The molecule has 0 bridgehead atoms. The molecule has 6 nitrogen and oxygen atoms in total. The number of benzene rings is 1. The average molecular weight is 302 g/mol. The van der Waals surface area contributed by atoms with Crippen molar-refractivity contribution in [2.75, 3.05) is 24.8 Å². The molecule has 1 aromatic carbocycles. The van der Waals surface area contributed by atoms with E-state index in [1.807, 2.05) is 24.3 Å². The molecule has 0 aliphatic rings. The fourth-order valence-electron chi connectivity index (χ4n) is 1.88. The van der Waals surface area contributed by atoms with Crippen LogP contribution in [0.25, 0.3) is 0 Å². The predicted octanol–water partition coefficient (Wildman–Crippen LogP) is 2.86. The van der Waals surface area contributed by atoms with Crippen LogP contribution in [0.4, 0.5) is 11.5 Å². The number of hydrogen-bond donors (Lipinski definition) is 2. The maximum absolute atomic E-state index is 6.04. The summed E-state index contributed by atoms with van der Waals surface area (Å²) in [4.78, 5) is 8.24. The number of methoxy groups -OCH3 is 1. The lowest BCUT2D eigenvalue weighted by atomic mass is 10.2. The zero-order valence-corrected chi connectivity index (χ0v) is 13.0. The molecular weight excluding hydrogens is 280 g/mol. The summed E-state index contributed by atoms with van der Waals surface area (Å²) in [7, 11) is 1.65. The Morgan fingerprint density at radius 2 is 1.95 bits per heavy atom. The van der Waals surface area contributed by atoms with Gasteiger partial charge in [-0.2, -0.15) is 4.98 Å². The summed E-state index contributed by atoms with van der Waals surface area (Å²) in [5.41, 5.74) is 7.58. The van der Waals surface area contributed by atoms with Crippen LogP contribution in [0.5, 0.6) is 11.6 Å². The van der Waals surface area contributed by atoms with Crippen LogP contribution >= 0.6 is 0 Å². The van der Waals surface area contributed by atoms with Crippen LogP contribution in [0.15, 0.2) is 30.6 Å². The maximum Gasteiger partial charge on any atom is 0.242 e. The highest BCUT2D eigenvalue weighted by atomic mass is 16.5. The Morgan fingerprint density at radius 3 is 2.64 bits per heavy atom. The molecule has 0 aliphatic heterocycles.